The molecule has 1 aromatic carbocycles. The molecule has 0 aliphatic carbocycles. The summed E-state index contributed by atoms with van der Waals surface area (Å²) in [5.41, 5.74) is 9.54. The number of hydrogen-bond acceptors (Lipinski definition) is 3. The minimum Gasteiger partial charge on any atom is -0.369 e. The van der Waals surface area contributed by atoms with Crippen molar-refractivity contribution in [3.8, 4) is 5.69 Å². The van der Waals surface area contributed by atoms with Crippen LogP contribution in [0.2, 0.25) is 0 Å². The van der Waals surface area contributed by atoms with Gasteiger partial charge < -0.3 is 5.73 Å². The molecule has 0 fully saturated rings. The summed E-state index contributed by atoms with van der Waals surface area (Å²) in [6.07, 6.45) is 1.81. The zero-order chi connectivity index (χ0) is 13.6. The zero-order valence-corrected chi connectivity index (χ0v) is 13.2. The minimum absolute atomic E-state index is 0.417. The van der Waals surface area contributed by atoms with Crippen molar-refractivity contribution in [2.75, 3.05) is 5.73 Å². The number of nitrogens with two attached hydrogens (primary N) is 1. The van der Waals surface area contributed by atoms with Gasteiger partial charge in [0.2, 0.25) is 5.95 Å². The van der Waals surface area contributed by atoms with Crippen LogP contribution in [-0.4, -0.2) is 14.5 Å². The number of anilines is 1. The Labute approximate surface area is 126 Å². The molecule has 2 aromatic heterocycles. The fourth-order valence-corrected chi connectivity index (χ4v) is 3.36. The molecule has 0 aliphatic rings. The molecule has 0 saturated heterocycles. The highest BCUT2D eigenvalue weighted by Gasteiger charge is 2.15. The number of hydrogen-bond donors (Lipinski definition) is 1. The third-order valence-electron chi connectivity index (χ3n) is 2.82. The van der Waals surface area contributed by atoms with Gasteiger partial charge in [-0.3, -0.25) is 4.57 Å². The van der Waals surface area contributed by atoms with Gasteiger partial charge in [-0.15, -0.1) is 0 Å². The molecule has 0 amide bonds. The van der Waals surface area contributed by atoms with Gasteiger partial charge in [0.05, 0.1) is 5.69 Å². The molecule has 2 N–H and O–H groups in total. The molecule has 96 valence electrons. The lowest BCUT2D eigenvalue weighted by atomic mass is 10.3. The number of halogens is 2. The van der Waals surface area contributed by atoms with Gasteiger partial charge in [-0.1, -0.05) is 6.07 Å². The first-order valence-electron chi connectivity index (χ1n) is 5.63. The molecule has 3 aromatic rings. The minimum atomic E-state index is 0.417. The Morgan fingerprint density at radius 1 is 1.21 bits per heavy atom. The number of pyridine rings is 1. The average Bonchev–Trinajstić information content (AvgIpc) is 2.65. The molecule has 19 heavy (non-hydrogen) atoms. The molecular weight excluding hydrogens is 372 g/mol. The van der Waals surface area contributed by atoms with Crippen LogP contribution in [0.15, 0.2) is 39.4 Å². The molecule has 0 atom stereocenters. The largest absolute Gasteiger partial charge is 0.369 e. The van der Waals surface area contributed by atoms with E-state index >= 15 is 0 Å². The van der Waals surface area contributed by atoms with E-state index in [2.05, 4.69) is 41.8 Å². The molecule has 2 heterocycles. The molecule has 0 bridgehead atoms. The van der Waals surface area contributed by atoms with E-state index in [4.69, 9.17) is 5.73 Å². The van der Waals surface area contributed by atoms with E-state index in [1.54, 1.807) is 0 Å². The maximum atomic E-state index is 6.04. The van der Waals surface area contributed by atoms with E-state index in [0.717, 1.165) is 31.4 Å². The molecule has 0 spiro atoms. The van der Waals surface area contributed by atoms with Crippen molar-refractivity contribution in [2.24, 2.45) is 0 Å². The van der Waals surface area contributed by atoms with E-state index in [0.29, 0.717) is 5.95 Å². The lowest BCUT2D eigenvalue weighted by molar-refractivity contribution is 1.07. The zero-order valence-electron chi connectivity index (χ0n) is 10.1. The van der Waals surface area contributed by atoms with E-state index in [-0.39, 0.29) is 0 Å². The smallest absolute Gasteiger partial charge is 0.207 e. The first kappa shape index (κ1) is 12.6. The Hall–Kier alpha value is -1.40. The quantitative estimate of drug-likeness (QED) is 0.696. The molecule has 0 radical (unpaired) electrons. The fourth-order valence-electron chi connectivity index (χ4n) is 2.01. The van der Waals surface area contributed by atoms with Crippen LogP contribution in [0, 0.1) is 6.92 Å². The van der Waals surface area contributed by atoms with Gasteiger partial charge in [0.15, 0.2) is 5.65 Å². The Morgan fingerprint density at radius 3 is 2.58 bits per heavy atom. The van der Waals surface area contributed by atoms with Crippen molar-refractivity contribution in [1.29, 1.82) is 0 Å². The SMILES string of the molecule is Cc1cnc2c(c1)nc(N)n2-c1c(Br)cccc1Br. The van der Waals surface area contributed by atoms with Crippen LogP contribution < -0.4 is 5.73 Å². The molecule has 0 aliphatic heterocycles. The van der Waals surface area contributed by atoms with E-state index in [9.17, 15) is 0 Å². The molecule has 3 rings (SSSR count). The van der Waals surface area contributed by atoms with Gasteiger partial charge in [-0.2, -0.15) is 0 Å². The number of nitrogens with zero attached hydrogens (tertiary/aromatic N) is 3. The summed E-state index contributed by atoms with van der Waals surface area (Å²) in [6.45, 7) is 1.98. The van der Waals surface area contributed by atoms with Gasteiger partial charge in [-0.25, -0.2) is 9.97 Å². The maximum Gasteiger partial charge on any atom is 0.207 e. The summed E-state index contributed by atoms with van der Waals surface area (Å²) in [5, 5.41) is 0. The van der Waals surface area contributed by atoms with Crippen LogP contribution in [0.25, 0.3) is 16.9 Å². The normalized spacial score (nSPS) is 11.1. The van der Waals surface area contributed by atoms with Gasteiger partial charge >= 0.3 is 0 Å². The first-order chi connectivity index (χ1) is 9.08. The summed E-state index contributed by atoms with van der Waals surface area (Å²) in [4.78, 5) is 8.81. The third-order valence-corrected chi connectivity index (χ3v) is 4.10. The van der Waals surface area contributed by atoms with Crippen molar-refractivity contribution in [3.05, 3.63) is 45.0 Å². The maximum absolute atomic E-state index is 6.04. The van der Waals surface area contributed by atoms with Crippen LogP contribution in [0.3, 0.4) is 0 Å². The Bertz CT molecular complexity index is 759. The lowest BCUT2D eigenvalue weighted by Crippen LogP contribution is -2.03. The number of rotatable bonds is 1. The van der Waals surface area contributed by atoms with Crippen molar-refractivity contribution in [1.82, 2.24) is 14.5 Å². The van der Waals surface area contributed by atoms with Crippen molar-refractivity contribution >= 4 is 49.0 Å². The summed E-state index contributed by atoms with van der Waals surface area (Å²) >= 11 is 7.08. The molecule has 0 saturated carbocycles. The number of fused-ring (bicyclic) bond motifs is 1. The van der Waals surface area contributed by atoms with Gasteiger partial charge in [0.25, 0.3) is 0 Å². The highest BCUT2D eigenvalue weighted by atomic mass is 79.9. The van der Waals surface area contributed by atoms with Gasteiger partial charge in [0.1, 0.15) is 5.52 Å². The van der Waals surface area contributed by atoms with Crippen LogP contribution in [-0.2, 0) is 0 Å². The van der Waals surface area contributed by atoms with Crippen molar-refractivity contribution in [3.63, 3.8) is 0 Å². The highest BCUT2D eigenvalue weighted by Crippen LogP contribution is 2.33. The number of nitrogen functional groups attached to an aromatic ring is 1. The first-order valence-corrected chi connectivity index (χ1v) is 7.21. The summed E-state index contributed by atoms with van der Waals surface area (Å²) in [5.74, 6) is 0.417. The van der Waals surface area contributed by atoms with Crippen LogP contribution in [0.4, 0.5) is 5.95 Å². The monoisotopic (exact) mass is 380 g/mol. The fraction of sp³-hybridized carbons (Fsp3) is 0.0769. The average molecular weight is 382 g/mol. The molecule has 6 heteroatoms. The highest BCUT2D eigenvalue weighted by molar-refractivity contribution is 9.11. The molecular formula is C13H10Br2N4. The summed E-state index contributed by atoms with van der Waals surface area (Å²) in [6, 6.07) is 7.84. The number of benzene rings is 1. The van der Waals surface area contributed by atoms with Gasteiger partial charge in [0, 0.05) is 15.1 Å². The number of imidazole rings is 1. The Kier molecular flexibility index (Phi) is 3.06. The van der Waals surface area contributed by atoms with Gasteiger partial charge in [-0.05, 0) is 62.5 Å². The molecule has 0 unspecified atom stereocenters. The Balaban J connectivity index is 2.40. The number of para-hydroxylation sites is 1. The van der Waals surface area contributed by atoms with Crippen molar-refractivity contribution in [2.45, 2.75) is 6.92 Å². The van der Waals surface area contributed by atoms with Crippen LogP contribution >= 0.6 is 31.9 Å². The van der Waals surface area contributed by atoms with Crippen molar-refractivity contribution < 1.29 is 0 Å². The second-order valence-corrected chi connectivity index (χ2v) is 5.94. The summed E-state index contributed by atoms with van der Waals surface area (Å²) in [7, 11) is 0. The predicted octanol–water partition coefficient (Wildman–Crippen LogP) is 3.84. The van der Waals surface area contributed by atoms with Crippen LogP contribution in [0.1, 0.15) is 5.56 Å². The molecule has 4 nitrogen and oxygen atoms in total. The predicted molar refractivity (Wildman–Crippen MR) is 83.4 cm³/mol. The van der Waals surface area contributed by atoms with Crippen LogP contribution in [0.5, 0.6) is 0 Å². The lowest BCUT2D eigenvalue weighted by Gasteiger charge is -2.10. The topological polar surface area (TPSA) is 56.7 Å². The standard InChI is InChI=1S/C13H10Br2N4/c1-7-5-10-12(17-6-7)19(13(16)18-10)11-8(14)3-2-4-9(11)15/h2-6H,1H3,(H2,16,18). The second-order valence-electron chi connectivity index (χ2n) is 4.23. The number of aromatic nitrogens is 3. The van der Waals surface area contributed by atoms with E-state index < -0.39 is 0 Å². The van der Waals surface area contributed by atoms with E-state index in [1.807, 2.05) is 42.0 Å². The second kappa shape index (κ2) is 4.61. The number of aryl methyl sites for hydroxylation is 1. The van der Waals surface area contributed by atoms with E-state index in [1.165, 1.54) is 0 Å². The Morgan fingerprint density at radius 2 is 1.89 bits per heavy atom. The third kappa shape index (κ3) is 2.04. The summed E-state index contributed by atoms with van der Waals surface area (Å²) < 4.78 is 3.69.